The fourth-order valence-electron chi connectivity index (χ4n) is 1.31. The molecular weight excluding hydrogens is 247 g/mol. The van der Waals surface area contributed by atoms with Crippen LogP contribution >= 0.6 is 0 Å². The molecule has 1 rings (SSSR count). The summed E-state index contributed by atoms with van der Waals surface area (Å²) >= 11 is 0. The monoisotopic (exact) mass is 263 g/mol. The first-order chi connectivity index (χ1) is 8.51. The van der Waals surface area contributed by atoms with Crippen molar-refractivity contribution in [1.29, 1.82) is 0 Å². The van der Waals surface area contributed by atoms with Crippen molar-refractivity contribution in [3.05, 3.63) is 29.8 Å². The van der Waals surface area contributed by atoms with Crippen LogP contribution in [-0.4, -0.2) is 33.0 Å². The quantitative estimate of drug-likeness (QED) is 0.766. The van der Waals surface area contributed by atoms with Gasteiger partial charge in [0.1, 0.15) is 12.4 Å². The van der Waals surface area contributed by atoms with Crippen LogP contribution in [0.15, 0.2) is 24.3 Å². The van der Waals surface area contributed by atoms with Crippen molar-refractivity contribution < 1.29 is 22.6 Å². The van der Waals surface area contributed by atoms with E-state index in [1.54, 1.807) is 7.11 Å². The molecule has 6 heteroatoms. The molecule has 0 bridgehead atoms. The highest BCUT2D eigenvalue weighted by atomic mass is 19.4. The van der Waals surface area contributed by atoms with Gasteiger partial charge in [-0.2, -0.15) is 13.2 Å². The number of rotatable bonds is 7. The Morgan fingerprint density at radius 1 is 1.17 bits per heavy atom. The van der Waals surface area contributed by atoms with Crippen LogP contribution in [0.25, 0.3) is 0 Å². The van der Waals surface area contributed by atoms with Crippen LogP contribution in [0.5, 0.6) is 5.75 Å². The van der Waals surface area contributed by atoms with Gasteiger partial charge in [0.2, 0.25) is 0 Å². The van der Waals surface area contributed by atoms with Crippen molar-refractivity contribution in [2.24, 2.45) is 0 Å². The van der Waals surface area contributed by atoms with Crippen LogP contribution in [0.4, 0.5) is 13.2 Å². The largest absolute Gasteiger partial charge is 0.497 e. The number of benzene rings is 1. The van der Waals surface area contributed by atoms with Gasteiger partial charge in [-0.1, -0.05) is 12.1 Å². The third-order valence-electron chi connectivity index (χ3n) is 2.18. The molecule has 0 saturated carbocycles. The number of halogens is 3. The van der Waals surface area contributed by atoms with Crippen LogP contribution in [-0.2, 0) is 11.3 Å². The molecule has 0 spiro atoms. The molecule has 0 aliphatic carbocycles. The molecule has 0 aliphatic heterocycles. The standard InChI is InChI=1S/C12H16F3NO2/c1-17-11-4-2-10(3-5-11)8-16-6-7-18-9-12(13,14)15/h2-5,16H,6-9H2,1H3. The summed E-state index contributed by atoms with van der Waals surface area (Å²) < 4.78 is 44.7. The summed E-state index contributed by atoms with van der Waals surface area (Å²) in [6.07, 6.45) is -4.25. The van der Waals surface area contributed by atoms with Gasteiger partial charge in [-0.3, -0.25) is 0 Å². The summed E-state index contributed by atoms with van der Waals surface area (Å²) in [7, 11) is 1.59. The molecule has 102 valence electrons. The third kappa shape index (κ3) is 6.46. The smallest absolute Gasteiger partial charge is 0.411 e. The van der Waals surface area contributed by atoms with E-state index in [0.29, 0.717) is 13.1 Å². The van der Waals surface area contributed by atoms with Crippen molar-refractivity contribution >= 4 is 0 Å². The molecule has 0 fully saturated rings. The normalized spacial score (nSPS) is 11.6. The summed E-state index contributed by atoms with van der Waals surface area (Å²) in [5.74, 6) is 0.771. The first kappa shape index (κ1) is 14.8. The van der Waals surface area contributed by atoms with Crippen LogP contribution in [0.2, 0.25) is 0 Å². The molecule has 0 atom stereocenters. The van der Waals surface area contributed by atoms with Gasteiger partial charge in [0.15, 0.2) is 0 Å². The SMILES string of the molecule is COc1ccc(CNCCOCC(F)(F)F)cc1. The topological polar surface area (TPSA) is 30.5 Å². The Kier molecular flexibility index (Phi) is 5.94. The van der Waals surface area contributed by atoms with Crippen molar-refractivity contribution in [3.8, 4) is 5.75 Å². The molecule has 0 aromatic heterocycles. The Bertz CT molecular complexity index is 338. The van der Waals surface area contributed by atoms with Crippen LogP contribution < -0.4 is 10.1 Å². The number of hydrogen-bond donors (Lipinski definition) is 1. The molecule has 1 aromatic rings. The van der Waals surface area contributed by atoms with Gasteiger partial charge in [0.25, 0.3) is 0 Å². The van der Waals surface area contributed by atoms with Gasteiger partial charge in [-0.05, 0) is 17.7 Å². The molecule has 0 saturated heterocycles. The fraction of sp³-hybridized carbons (Fsp3) is 0.500. The average Bonchev–Trinajstić information content (AvgIpc) is 2.33. The van der Waals surface area contributed by atoms with Gasteiger partial charge in [-0.25, -0.2) is 0 Å². The lowest BCUT2D eigenvalue weighted by atomic mass is 10.2. The minimum atomic E-state index is -4.25. The molecular formula is C12H16F3NO2. The molecule has 0 unspecified atom stereocenters. The number of hydrogen-bond acceptors (Lipinski definition) is 3. The predicted octanol–water partition coefficient (Wildman–Crippen LogP) is 2.36. The van der Waals surface area contributed by atoms with E-state index in [9.17, 15) is 13.2 Å². The zero-order chi connectivity index (χ0) is 13.4. The van der Waals surface area contributed by atoms with E-state index < -0.39 is 12.8 Å². The minimum Gasteiger partial charge on any atom is -0.497 e. The Hall–Kier alpha value is -1.27. The lowest BCUT2D eigenvalue weighted by molar-refractivity contribution is -0.173. The number of nitrogens with one attached hydrogen (secondary N) is 1. The minimum absolute atomic E-state index is 0.0374. The maximum atomic E-state index is 11.7. The van der Waals surface area contributed by atoms with Crippen LogP contribution in [0.3, 0.4) is 0 Å². The Labute approximate surface area is 104 Å². The first-order valence-electron chi connectivity index (χ1n) is 5.49. The van der Waals surface area contributed by atoms with Crippen molar-refractivity contribution in [2.45, 2.75) is 12.7 Å². The van der Waals surface area contributed by atoms with E-state index in [1.165, 1.54) is 0 Å². The molecule has 3 nitrogen and oxygen atoms in total. The second-order valence-electron chi connectivity index (χ2n) is 3.69. The van der Waals surface area contributed by atoms with E-state index in [0.717, 1.165) is 11.3 Å². The lowest BCUT2D eigenvalue weighted by Gasteiger charge is -2.08. The average molecular weight is 263 g/mol. The molecule has 1 N–H and O–H groups in total. The predicted molar refractivity (Wildman–Crippen MR) is 61.6 cm³/mol. The highest BCUT2D eigenvalue weighted by molar-refractivity contribution is 5.26. The van der Waals surface area contributed by atoms with Crippen molar-refractivity contribution in [1.82, 2.24) is 5.32 Å². The zero-order valence-corrected chi connectivity index (χ0v) is 10.1. The molecule has 18 heavy (non-hydrogen) atoms. The molecule has 0 radical (unpaired) electrons. The Morgan fingerprint density at radius 2 is 1.83 bits per heavy atom. The highest BCUT2D eigenvalue weighted by Crippen LogP contribution is 2.14. The third-order valence-corrected chi connectivity index (χ3v) is 2.18. The van der Waals surface area contributed by atoms with Gasteiger partial charge in [0, 0.05) is 13.1 Å². The van der Waals surface area contributed by atoms with E-state index in [1.807, 2.05) is 24.3 Å². The van der Waals surface area contributed by atoms with Gasteiger partial charge >= 0.3 is 6.18 Å². The maximum absolute atomic E-state index is 11.7. The summed E-state index contributed by atoms with van der Waals surface area (Å²) in [6.45, 7) is -0.200. The van der Waals surface area contributed by atoms with Gasteiger partial charge in [0.05, 0.1) is 13.7 Å². The van der Waals surface area contributed by atoms with E-state index >= 15 is 0 Å². The second kappa shape index (κ2) is 7.23. The molecule has 1 aromatic carbocycles. The molecule has 0 heterocycles. The number of methoxy groups -OCH3 is 1. The first-order valence-corrected chi connectivity index (χ1v) is 5.49. The Morgan fingerprint density at radius 3 is 2.39 bits per heavy atom. The van der Waals surface area contributed by atoms with Gasteiger partial charge < -0.3 is 14.8 Å². The number of ether oxygens (including phenoxy) is 2. The summed E-state index contributed by atoms with van der Waals surface area (Å²) in [4.78, 5) is 0. The van der Waals surface area contributed by atoms with Crippen molar-refractivity contribution in [2.75, 3.05) is 26.9 Å². The summed E-state index contributed by atoms with van der Waals surface area (Å²) in [6, 6.07) is 7.44. The molecule has 0 aliphatic rings. The zero-order valence-electron chi connectivity index (χ0n) is 10.1. The van der Waals surface area contributed by atoms with E-state index in [2.05, 4.69) is 10.1 Å². The highest BCUT2D eigenvalue weighted by Gasteiger charge is 2.27. The van der Waals surface area contributed by atoms with E-state index in [4.69, 9.17) is 4.74 Å². The summed E-state index contributed by atoms with van der Waals surface area (Å²) in [5.41, 5.74) is 1.03. The van der Waals surface area contributed by atoms with Crippen LogP contribution in [0, 0.1) is 0 Å². The lowest BCUT2D eigenvalue weighted by Crippen LogP contribution is -2.23. The second-order valence-corrected chi connectivity index (χ2v) is 3.69. The Balaban J connectivity index is 2.10. The van der Waals surface area contributed by atoms with E-state index in [-0.39, 0.29) is 6.61 Å². The van der Waals surface area contributed by atoms with Crippen LogP contribution in [0.1, 0.15) is 5.56 Å². The maximum Gasteiger partial charge on any atom is 0.411 e. The van der Waals surface area contributed by atoms with Crippen molar-refractivity contribution in [3.63, 3.8) is 0 Å². The molecule has 0 amide bonds. The fourth-order valence-corrected chi connectivity index (χ4v) is 1.31. The number of alkyl halides is 3. The summed E-state index contributed by atoms with van der Waals surface area (Å²) in [5, 5.41) is 2.99. The van der Waals surface area contributed by atoms with Gasteiger partial charge in [-0.15, -0.1) is 0 Å².